The van der Waals surface area contributed by atoms with E-state index in [1.807, 2.05) is 65.7 Å². The van der Waals surface area contributed by atoms with Crippen LogP contribution in [-0.2, 0) is 32.5 Å². The van der Waals surface area contributed by atoms with Gasteiger partial charge in [-0.2, -0.15) is 4.31 Å². The fraction of sp³-hybridized carbons (Fsp3) is 0.270. The molecule has 0 amide bonds. The Balaban J connectivity index is 1.45. The van der Waals surface area contributed by atoms with Crippen molar-refractivity contribution in [2.24, 2.45) is 0 Å². The van der Waals surface area contributed by atoms with Gasteiger partial charge in [-0.1, -0.05) is 60.9 Å². The van der Waals surface area contributed by atoms with Crippen molar-refractivity contribution in [1.82, 2.24) is 13.9 Å². The molecule has 0 radical (unpaired) electrons. The molecule has 0 aliphatic carbocycles. The molecule has 274 valence electrons. The molecule has 2 heterocycles. The number of thioether (sulfide) groups is 1. The molecular weight excluding hydrogens is 753 g/mol. The van der Waals surface area contributed by atoms with Crippen molar-refractivity contribution in [1.29, 1.82) is 0 Å². The number of nitrogens with zero attached hydrogens (tertiary/aromatic N) is 4. The Labute approximate surface area is 315 Å². The smallest absolute Gasteiger partial charge is 0.321 e. The molecular formula is C37H37Cl2F2N4O5S2+. The third-order valence-electron chi connectivity index (χ3n) is 8.76. The maximum absolute atomic E-state index is 15.8. The summed E-state index contributed by atoms with van der Waals surface area (Å²) in [6.45, 7) is 5.56. The van der Waals surface area contributed by atoms with Gasteiger partial charge in [0.15, 0.2) is 17.6 Å². The lowest BCUT2D eigenvalue weighted by Gasteiger charge is -2.28. The predicted octanol–water partition coefficient (Wildman–Crippen LogP) is 7.93. The summed E-state index contributed by atoms with van der Waals surface area (Å²) in [6, 6.07) is 17.4. The first kappa shape index (κ1) is 39.2. The maximum Gasteiger partial charge on any atom is 0.321 e. The van der Waals surface area contributed by atoms with Crippen LogP contribution in [0.15, 0.2) is 101 Å². The number of carboxylic acid groups (broad SMARTS) is 1. The molecule has 0 aliphatic rings. The Hall–Kier alpha value is -4.01. The molecule has 1 atom stereocenters. The van der Waals surface area contributed by atoms with Crippen LogP contribution in [0.1, 0.15) is 44.0 Å². The number of hydrogen-bond acceptors (Lipinski definition) is 6. The molecule has 5 aromatic rings. The molecule has 0 saturated heterocycles. The lowest BCUT2D eigenvalue weighted by molar-refractivity contribution is -0.697. The van der Waals surface area contributed by atoms with Crippen molar-refractivity contribution in [2.45, 2.75) is 61.0 Å². The van der Waals surface area contributed by atoms with Crippen LogP contribution in [0.25, 0.3) is 5.69 Å². The van der Waals surface area contributed by atoms with Crippen LogP contribution in [0.5, 0.6) is 5.75 Å². The number of hydrogen-bond donors (Lipinski definition) is 1. The predicted molar refractivity (Wildman–Crippen MR) is 197 cm³/mol. The van der Waals surface area contributed by atoms with Crippen molar-refractivity contribution in [2.75, 3.05) is 13.7 Å². The zero-order chi connectivity index (χ0) is 37.8. The molecule has 1 N–H and O–H groups in total. The number of rotatable bonds is 15. The molecule has 0 spiro atoms. The summed E-state index contributed by atoms with van der Waals surface area (Å²) >= 11 is 14.0. The van der Waals surface area contributed by atoms with Crippen LogP contribution >= 0.6 is 35.0 Å². The molecule has 0 bridgehead atoms. The molecule has 5 rings (SSSR count). The number of sulfonamides is 1. The second kappa shape index (κ2) is 16.3. The fourth-order valence-corrected chi connectivity index (χ4v) is 9.00. The number of aliphatic carboxylic acids is 1. The average molecular weight is 791 g/mol. The lowest BCUT2D eigenvalue weighted by Crippen LogP contribution is -2.45. The molecule has 9 nitrogen and oxygen atoms in total. The first-order chi connectivity index (χ1) is 24.6. The average Bonchev–Trinajstić information content (AvgIpc) is 3.55. The topological polar surface area (TPSA) is 106 Å². The summed E-state index contributed by atoms with van der Waals surface area (Å²) in [6.07, 6.45) is 5.63. The van der Waals surface area contributed by atoms with Crippen LogP contribution in [-0.4, -0.2) is 53.0 Å². The van der Waals surface area contributed by atoms with E-state index >= 15 is 4.39 Å². The van der Waals surface area contributed by atoms with Gasteiger partial charge in [0.25, 0.3) is 0 Å². The number of pyridine rings is 1. The van der Waals surface area contributed by atoms with Crippen LogP contribution in [0.4, 0.5) is 8.78 Å². The van der Waals surface area contributed by atoms with Gasteiger partial charge in [-0.15, -0.1) is 0 Å². The number of ether oxygens (including phenoxy) is 1. The lowest BCUT2D eigenvalue weighted by atomic mass is 9.81. The molecule has 2 aromatic heterocycles. The van der Waals surface area contributed by atoms with Crippen LogP contribution in [0.3, 0.4) is 0 Å². The number of aryl methyl sites for hydroxylation is 1. The third kappa shape index (κ3) is 8.44. The Morgan fingerprint density at radius 1 is 1.06 bits per heavy atom. The number of methoxy groups -OCH3 is 1. The first-order valence-electron chi connectivity index (χ1n) is 16.1. The third-order valence-corrected chi connectivity index (χ3v) is 12.3. The zero-order valence-electron chi connectivity index (χ0n) is 28.8. The summed E-state index contributed by atoms with van der Waals surface area (Å²) in [4.78, 5) is 16.1. The van der Waals surface area contributed by atoms with E-state index in [0.29, 0.717) is 34.6 Å². The van der Waals surface area contributed by atoms with Gasteiger partial charge in [0.05, 0.1) is 28.9 Å². The largest absolute Gasteiger partial charge is 0.495 e. The minimum absolute atomic E-state index is 0.0285. The minimum Gasteiger partial charge on any atom is -0.495 e. The van der Waals surface area contributed by atoms with Gasteiger partial charge in [-0.3, -0.25) is 9.36 Å². The molecule has 15 heteroatoms. The summed E-state index contributed by atoms with van der Waals surface area (Å²) in [5.41, 5.74) is 1.56. The second-order valence-electron chi connectivity index (χ2n) is 12.5. The first-order valence-corrected chi connectivity index (χ1v) is 19.3. The van der Waals surface area contributed by atoms with Gasteiger partial charge in [0.2, 0.25) is 10.0 Å². The Kier molecular flexibility index (Phi) is 12.3. The summed E-state index contributed by atoms with van der Waals surface area (Å²) in [7, 11) is -2.95. The number of aromatic nitrogens is 3. The van der Waals surface area contributed by atoms with E-state index in [9.17, 15) is 22.7 Å². The second-order valence-corrected chi connectivity index (χ2v) is 16.1. The van der Waals surface area contributed by atoms with E-state index in [1.54, 1.807) is 24.4 Å². The van der Waals surface area contributed by atoms with Gasteiger partial charge in [0, 0.05) is 52.5 Å². The van der Waals surface area contributed by atoms with Crippen molar-refractivity contribution in [3.8, 4) is 11.4 Å². The number of carbonyl (C=O) groups is 1. The van der Waals surface area contributed by atoms with Gasteiger partial charge >= 0.3 is 5.97 Å². The van der Waals surface area contributed by atoms with Gasteiger partial charge in [-0.05, 0) is 61.0 Å². The Morgan fingerprint density at radius 2 is 1.75 bits per heavy atom. The highest BCUT2D eigenvalue weighted by Crippen LogP contribution is 2.40. The van der Waals surface area contributed by atoms with Crippen molar-refractivity contribution in [3.05, 3.63) is 130 Å². The number of benzene rings is 3. The normalized spacial score (nSPS) is 12.6. The Bertz CT molecular complexity index is 2150. The summed E-state index contributed by atoms with van der Waals surface area (Å²) in [5, 5.41) is 10.5. The zero-order valence-corrected chi connectivity index (χ0v) is 31.9. The van der Waals surface area contributed by atoms with E-state index in [1.165, 1.54) is 26.2 Å². The minimum atomic E-state index is -4.47. The SMILES string of the molecule is COc1cc(C(C)(C)c2cnc(SCc3c(F)cc(S(=O)(=O)N(CCC[n+]4ccccc4)C(C)C(=O)O)cc3Cl)n2-c2ccc(F)cc2)ccc1Cl. The molecule has 0 fully saturated rings. The molecule has 0 aliphatic heterocycles. The standard InChI is InChI=1S/C37H36Cl2F2N4O5S2/c1-24(35(46)47)44(18-8-17-43-15-6-5-7-16-43)52(48,49)28-20-31(39)29(32(41)21-28)23-51-36-42-22-34(45(36)27-12-10-26(40)11-13-27)37(2,3)25-9-14-30(38)33(19-25)50-4/h5-7,9-16,19-22,24H,8,17-18,23H2,1-4H3/p+1. The monoisotopic (exact) mass is 789 g/mol. The fourth-order valence-electron chi connectivity index (χ4n) is 5.69. The van der Waals surface area contributed by atoms with E-state index in [2.05, 4.69) is 4.98 Å². The number of carboxylic acids is 1. The molecule has 1 unspecified atom stereocenters. The van der Waals surface area contributed by atoms with Crippen molar-refractivity contribution >= 4 is 51.0 Å². The number of imidazole rings is 1. The summed E-state index contributed by atoms with van der Waals surface area (Å²) < 4.78 is 67.4. The van der Waals surface area contributed by atoms with Gasteiger partial charge in [-0.25, -0.2) is 26.7 Å². The van der Waals surface area contributed by atoms with Crippen LogP contribution in [0.2, 0.25) is 10.0 Å². The van der Waals surface area contributed by atoms with Gasteiger partial charge < -0.3 is 9.84 Å². The highest BCUT2D eigenvalue weighted by Gasteiger charge is 2.35. The van der Waals surface area contributed by atoms with Crippen LogP contribution in [0, 0.1) is 11.6 Å². The quantitative estimate of drug-likeness (QED) is 0.0849. The molecule has 0 saturated carbocycles. The Morgan fingerprint density at radius 3 is 2.38 bits per heavy atom. The summed E-state index contributed by atoms with van der Waals surface area (Å²) in [5.74, 6) is -2.19. The van der Waals surface area contributed by atoms with Gasteiger partial charge in [0.1, 0.15) is 30.0 Å². The molecule has 52 heavy (non-hydrogen) atoms. The van der Waals surface area contributed by atoms with E-state index in [4.69, 9.17) is 27.9 Å². The van der Waals surface area contributed by atoms with E-state index < -0.39 is 44.0 Å². The van der Waals surface area contributed by atoms with Crippen molar-refractivity contribution in [3.63, 3.8) is 0 Å². The maximum atomic E-state index is 15.8. The highest BCUT2D eigenvalue weighted by atomic mass is 35.5. The number of halogens is 4. The van der Waals surface area contributed by atoms with E-state index in [-0.39, 0.29) is 22.9 Å². The highest BCUT2D eigenvalue weighted by molar-refractivity contribution is 7.98. The molecule has 3 aromatic carbocycles. The van der Waals surface area contributed by atoms with Crippen LogP contribution < -0.4 is 9.30 Å². The van der Waals surface area contributed by atoms with Crippen molar-refractivity contribution < 1.29 is 36.4 Å². The van der Waals surface area contributed by atoms with E-state index in [0.717, 1.165) is 39.5 Å².